The summed E-state index contributed by atoms with van der Waals surface area (Å²) in [5.41, 5.74) is 3.58. The number of benzene rings is 2. The number of hydrogen-bond donors (Lipinski definition) is 1. The third kappa shape index (κ3) is 5.09. The van der Waals surface area contributed by atoms with Gasteiger partial charge in [0.2, 0.25) is 11.8 Å². The molecule has 0 radical (unpaired) electrons. The molecule has 196 valence electrons. The van der Waals surface area contributed by atoms with Crippen LogP contribution in [-0.2, 0) is 34.0 Å². The van der Waals surface area contributed by atoms with Crippen LogP contribution in [0.25, 0.3) is 0 Å². The number of carbonyl (C=O) groups excluding carboxylic acids is 3. The second-order valence-corrected chi connectivity index (χ2v) is 12.5. The van der Waals surface area contributed by atoms with Gasteiger partial charge in [0.25, 0.3) is 5.91 Å². The molecule has 0 aliphatic carbocycles. The second kappa shape index (κ2) is 9.97. The zero-order valence-electron chi connectivity index (χ0n) is 23.8. The van der Waals surface area contributed by atoms with E-state index in [1.165, 1.54) is 5.56 Å². The molecule has 2 aromatic carbocycles. The van der Waals surface area contributed by atoms with Gasteiger partial charge in [-0.05, 0) is 40.4 Å². The van der Waals surface area contributed by atoms with E-state index in [9.17, 15) is 14.4 Å². The standard InChI is InChI=1S/C25H33B6N3O5/c26-23(27)13-39-25(30,31)24(28,29)34(23)10-14-4-6-15(7-5-14)12-38-19-3-1-2-16-17(19)11-33(22(16)37)18-8-9-20(35)32-21(18)36/h1-7,18H,8-13,26-31H2,(H,32,35,36). The van der Waals surface area contributed by atoms with Gasteiger partial charge < -0.3 is 19.3 Å². The van der Waals surface area contributed by atoms with Crippen molar-refractivity contribution < 1.29 is 23.9 Å². The summed E-state index contributed by atoms with van der Waals surface area (Å²) in [6.45, 7) is 2.15. The van der Waals surface area contributed by atoms with E-state index in [1.54, 1.807) is 17.0 Å². The van der Waals surface area contributed by atoms with Crippen molar-refractivity contribution in [1.82, 2.24) is 15.1 Å². The fraction of sp³-hybridized carbons (Fsp3) is 0.400. The molecule has 14 heteroatoms. The lowest BCUT2D eigenvalue weighted by atomic mass is 9.36. The van der Waals surface area contributed by atoms with Crippen molar-refractivity contribution in [2.75, 3.05) is 6.61 Å². The van der Waals surface area contributed by atoms with Crippen LogP contribution >= 0.6 is 0 Å². The Labute approximate surface area is 235 Å². The van der Waals surface area contributed by atoms with Crippen molar-refractivity contribution in [3.63, 3.8) is 0 Å². The molecular formula is C25H33B6N3O5. The van der Waals surface area contributed by atoms with Crippen molar-refractivity contribution in [1.29, 1.82) is 0 Å². The number of ether oxygens (including phenoxy) is 2. The lowest BCUT2D eigenvalue weighted by molar-refractivity contribution is -0.136. The quantitative estimate of drug-likeness (QED) is 0.306. The van der Waals surface area contributed by atoms with Gasteiger partial charge in [-0.3, -0.25) is 19.7 Å². The summed E-state index contributed by atoms with van der Waals surface area (Å²) in [6.07, 6.45) is 0.567. The Balaban J connectivity index is 1.26. The topological polar surface area (TPSA) is 88.2 Å². The Hall–Kier alpha value is -2.84. The highest BCUT2D eigenvalue weighted by atomic mass is 16.5. The van der Waals surface area contributed by atoms with E-state index in [1.807, 2.05) is 6.07 Å². The number of carbonyl (C=O) groups is 3. The summed E-state index contributed by atoms with van der Waals surface area (Å²) < 4.78 is 12.4. The predicted molar refractivity (Wildman–Crippen MR) is 164 cm³/mol. The first kappa shape index (κ1) is 27.7. The highest BCUT2D eigenvalue weighted by molar-refractivity contribution is 6.55. The smallest absolute Gasteiger partial charge is 0.255 e. The molecule has 2 aromatic rings. The first-order chi connectivity index (χ1) is 18.3. The number of imide groups is 1. The molecule has 2 fully saturated rings. The Morgan fingerprint density at radius 2 is 1.67 bits per heavy atom. The molecule has 8 nitrogen and oxygen atoms in total. The van der Waals surface area contributed by atoms with Crippen molar-refractivity contribution in [3.05, 3.63) is 64.7 Å². The number of piperidine rings is 1. The van der Waals surface area contributed by atoms with E-state index in [-0.39, 0.29) is 40.9 Å². The van der Waals surface area contributed by atoms with Gasteiger partial charge in [-0.2, -0.15) is 0 Å². The molecular weight excluding hydrogens is 487 g/mol. The largest absolute Gasteiger partial charge is 0.489 e. The summed E-state index contributed by atoms with van der Waals surface area (Å²) in [6, 6.07) is 13.3. The van der Waals surface area contributed by atoms with Gasteiger partial charge in [-0.1, -0.05) is 30.3 Å². The summed E-state index contributed by atoms with van der Waals surface area (Å²) in [7, 11) is 13.3. The number of amides is 3. The zero-order valence-corrected chi connectivity index (χ0v) is 23.8. The number of morpholine rings is 1. The maximum atomic E-state index is 13.1. The first-order valence-corrected chi connectivity index (χ1v) is 13.7. The maximum Gasteiger partial charge on any atom is 0.255 e. The number of nitrogens with one attached hydrogen (secondary N) is 1. The van der Waals surface area contributed by atoms with Crippen LogP contribution in [0.5, 0.6) is 5.75 Å². The fourth-order valence-electron chi connectivity index (χ4n) is 5.88. The Kier molecular flexibility index (Phi) is 7.08. The minimum Gasteiger partial charge on any atom is -0.489 e. The van der Waals surface area contributed by atoms with Crippen LogP contribution in [0.1, 0.15) is 39.9 Å². The van der Waals surface area contributed by atoms with Crippen LogP contribution in [0, 0.1) is 0 Å². The Morgan fingerprint density at radius 1 is 0.974 bits per heavy atom. The van der Waals surface area contributed by atoms with Crippen LogP contribution in [0.3, 0.4) is 0 Å². The number of nitrogens with zero attached hydrogens (tertiary/aromatic N) is 2. The van der Waals surface area contributed by atoms with Crippen LogP contribution in [0.2, 0.25) is 0 Å². The van der Waals surface area contributed by atoms with Crippen molar-refractivity contribution in [3.8, 4) is 5.75 Å². The average Bonchev–Trinajstić information content (AvgIpc) is 3.21. The normalized spacial score (nSPS) is 23.7. The molecule has 3 aliphatic heterocycles. The molecule has 39 heavy (non-hydrogen) atoms. The van der Waals surface area contributed by atoms with Crippen molar-refractivity contribution in [2.24, 2.45) is 0 Å². The van der Waals surface area contributed by atoms with Crippen molar-refractivity contribution >= 4 is 64.8 Å². The van der Waals surface area contributed by atoms with Gasteiger partial charge in [0, 0.05) is 36.1 Å². The zero-order chi connectivity index (χ0) is 28.2. The lowest BCUT2D eigenvalue weighted by Gasteiger charge is -2.61. The minimum absolute atomic E-state index is 0.0896. The minimum atomic E-state index is -0.644. The second-order valence-electron chi connectivity index (χ2n) is 12.5. The molecule has 0 spiro atoms. The molecule has 3 amide bonds. The highest BCUT2D eigenvalue weighted by Crippen LogP contribution is 2.35. The van der Waals surface area contributed by atoms with E-state index >= 15 is 0 Å². The third-order valence-corrected chi connectivity index (χ3v) is 8.96. The summed E-state index contributed by atoms with van der Waals surface area (Å²) >= 11 is 0. The van der Waals surface area contributed by atoms with Crippen LogP contribution in [-0.4, -0.2) is 103 Å². The highest BCUT2D eigenvalue weighted by Gasteiger charge is 2.51. The molecule has 0 bridgehead atoms. The van der Waals surface area contributed by atoms with Gasteiger partial charge in [0.1, 0.15) is 65.5 Å². The third-order valence-electron chi connectivity index (χ3n) is 8.96. The summed E-state index contributed by atoms with van der Waals surface area (Å²) in [4.78, 5) is 41.1. The molecule has 3 aliphatic rings. The number of hydrogen-bond acceptors (Lipinski definition) is 6. The van der Waals surface area contributed by atoms with Crippen LogP contribution in [0.4, 0.5) is 0 Å². The molecule has 5 rings (SSSR count). The molecule has 2 saturated heterocycles. The monoisotopic (exact) mass is 521 g/mol. The molecule has 1 N–H and O–H groups in total. The number of fused-ring (bicyclic) bond motifs is 1. The van der Waals surface area contributed by atoms with E-state index in [0.717, 1.165) is 17.7 Å². The van der Waals surface area contributed by atoms with Crippen molar-refractivity contribution in [2.45, 2.75) is 54.7 Å². The van der Waals surface area contributed by atoms with E-state index < -0.39 is 11.9 Å². The van der Waals surface area contributed by atoms with Gasteiger partial charge in [-0.25, -0.2) is 0 Å². The van der Waals surface area contributed by atoms with E-state index in [2.05, 4.69) is 81.6 Å². The van der Waals surface area contributed by atoms with Gasteiger partial charge in [0.15, 0.2) is 0 Å². The molecule has 0 saturated carbocycles. The molecule has 1 unspecified atom stereocenters. The van der Waals surface area contributed by atoms with Gasteiger partial charge in [0.05, 0.1) is 6.54 Å². The van der Waals surface area contributed by atoms with Crippen LogP contribution < -0.4 is 10.1 Å². The summed E-state index contributed by atoms with van der Waals surface area (Å²) in [5.74, 6) is -0.274. The van der Waals surface area contributed by atoms with Crippen LogP contribution in [0.15, 0.2) is 42.5 Å². The lowest BCUT2D eigenvalue weighted by Crippen LogP contribution is -2.78. The molecule has 1 atom stereocenters. The summed E-state index contributed by atoms with van der Waals surface area (Å²) in [5, 5.41) is 1.84. The fourth-order valence-corrected chi connectivity index (χ4v) is 5.88. The molecule has 3 heterocycles. The Bertz CT molecular complexity index is 1320. The van der Waals surface area contributed by atoms with E-state index in [4.69, 9.17) is 9.47 Å². The van der Waals surface area contributed by atoms with Gasteiger partial charge >= 0.3 is 0 Å². The SMILES string of the molecule is BC1(B)COC(B)(B)C(B)(B)N1Cc1ccc(COc2cccc3c2CN(C2CCC(=O)NC2=O)C3=O)cc1. The maximum absolute atomic E-state index is 13.1. The average molecular weight is 520 g/mol. The Morgan fingerprint density at radius 3 is 2.36 bits per heavy atom. The van der Waals surface area contributed by atoms with Gasteiger partial charge in [-0.15, -0.1) is 0 Å². The number of rotatable bonds is 6. The molecule has 0 aromatic heterocycles. The predicted octanol–water partition coefficient (Wildman–Crippen LogP) is -4.38. The van der Waals surface area contributed by atoms with E-state index in [0.29, 0.717) is 30.9 Å². The first-order valence-electron chi connectivity index (χ1n) is 13.7.